The van der Waals surface area contributed by atoms with E-state index < -0.39 is 5.60 Å². The van der Waals surface area contributed by atoms with Crippen molar-refractivity contribution in [1.82, 2.24) is 0 Å². The van der Waals surface area contributed by atoms with Gasteiger partial charge in [0.15, 0.2) is 0 Å². The van der Waals surface area contributed by atoms with Crippen LogP contribution in [-0.2, 0) is 5.60 Å². The van der Waals surface area contributed by atoms with Gasteiger partial charge in [-0.2, -0.15) is 0 Å². The van der Waals surface area contributed by atoms with Crippen LogP contribution in [0.25, 0.3) is 0 Å². The summed E-state index contributed by atoms with van der Waals surface area (Å²) in [5.74, 6) is -0.199. The van der Waals surface area contributed by atoms with Gasteiger partial charge in [0.1, 0.15) is 5.75 Å². The Labute approximate surface area is 117 Å². The summed E-state index contributed by atoms with van der Waals surface area (Å²) in [6.45, 7) is 3.33. The van der Waals surface area contributed by atoms with Crippen LogP contribution in [0.2, 0.25) is 0 Å². The summed E-state index contributed by atoms with van der Waals surface area (Å²) in [4.78, 5) is 12.1. The lowest BCUT2D eigenvalue weighted by Crippen LogP contribution is -2.18. The second kappa shape index (κ2) is 5.35. The summed E-state index contributed by atoms with van der Waals surface area (Å²) in [5, 5.41) is 22.0. The largest absolute Gasteiger partial charge is 0.508 e. The molecule has 0 atom stereocenters. The third-order valence-corrected chi connectivity index (χ3v) is 2.94. The molecule has 0 bridgehead atoms. The number of hydrogen-bond acceptors (Lipinski definition) is 3. The van der Waals surface area contributed by atoms with Crippen molar-refractivity contribution in [2.75, 3.05) is 5.32 Å². The van der Waals surface area contributed by atoms with Crippen molar-refractivity contribution in [3.05, 3.63) is 59.7 Å². The lowest BCUT2D eigenvalue weighted by molar-refractivity contribution is 0.0785. The molecule has 0 saturated heterocycles. The first kappa shape index (κ1) is 14.1. The Morgan fingerprint density at radius 2 is 1.80 bits per heavy atom. The van der Waals surface area contributed by atoms with Crippen LogP contribution in [0.1, 0.15) is 29.8 Å². The fraction of sp³-hybridized carbons (Fsp3) is 0.188. The summed E-state index contributed by atoms with van der Waals surface area (Å²) >= 11 is 0. The number of aromatic hydroxyl groups is 1. The second-order valence-electron chi connectivity index (χ2n) is 5.14. The van der Waals surface area contributed by atoms with Crippen molar-refractivity contribution in [2.45, 2.75) is 19.4 Å². The Bertz CT molecular complexity index is 630. The Kier molecular flexibility index (Phi) is 3.77. The molecule has 0 aromatic heterocycles. The van der Waals surface area contributed by atoms with Crippen molar-refractivity contribution in [1.29, 1.82) is 0 Å². The van der Waals surface area contributed by atoms with Crippen LogP contribution >= 0.6 is 0 Å². The lowest BCUT2D eigenvalue weighted by Gasteiger charge is -2.18. The van der Waals surface area contributed by atoms with Gasteiger partial charge in [-0.3, -0.25) is 4.79 Å². The highest BCUT2D eigenvalue weighted by Gasteiger charge is 2.17. The van der Waals surface area contributed by atoms with Crippen LogP contribution < -0.4 is 5.32 Å². The van der Waals surface area contributed by atoms with E-state index in [1.807, 2.05) is 0 Å². The normalized spacial score (nSPS) is 11.2. The minimum absolute atomic E-state index is 0.0908. The van der Waals surface area contributed by atoms with E-state index in [0.29, 0.717) is 16.8 Å². The zero-order valence-electron chi connectivity index (χ0n) is 11.4. The highest BCUT2D eigenvalue weighted by Crippen LogP contribution is 2.21. The molecule has 0 aliphatic carbocycles. The van der Waals surface area contributed by atoms with E-state index >= 15 is 0 Å². The van der Waals surface area contributed by atoms with Crippen LogP contribution in [0.15, 0.2) is 48.5 Å². The average molecular weight is 271 g/mol. The molecule has 1 amide bonds. The first-order chi connectivity index (χ1) is 9.36. The fourth-order valence-corrected chi connectivity index (χ4v) is 1.83. The third kappa shape index (κ3) is 3.36. The van der Waals surface area contributed by atoms with Crippen molar-refractivity contribution in [3.8, 4) is 5.75 Å². The molecule has 0 saturated carbocycles. The molecule has 4 heteroatoms. The number of hydrogen-bond donors (Lipinski definition) is 3. The number of anilines is 1. The van der Waals surface area contributed by atoms with E-state index in [9.17, 15) is 15.0 Å². The van der Waals surface area contributed by atoms with E-state index in [1.165, 1.54) is 12.1 Å². The maximum absolute atomic E-state index is 12.1. The van der Waals surface area contributed by atoms with Crippen molar-refractivity contribution in [2.24, 2.45) is 0 Å². The molecule has 0 unspecified atom stereocenters. The van der Waals surface area contributed by atoms with Crippen LogP contribution in [0.3, 0.4) is 0 Å². The van der Waals surface area contributed by atoms with Gasteiger partial charge in [-0.1, -0.05) is 18.2 Å². The molecular weight excluding hydrogens is 254 g/mol. The van der Waals surface area contributed by atoms with E-state index in [4.69, 9.17) is 0 Å². The second-order valence-corrected chi connectivity index (χ2v) is 5.14. The van der Waals surface area contributed by atoms with Gasteiger partial charge in [0, 0.05) is 17.3 Å². The number of phenolic OH excluding ortho intramolecular Hbond substituents is 1. The quantitative estimate of drug-likeness (QED) is 0.804. The van der Waals surface area contributed by atoms with E-state index in [0.717, 1.165) is 0 Å². The van der Waals surface area contributed by atoms with Crippen LogP contribution in [-0.4, -0.2) is 16.1 Å². The van der Waals surface area contributed by atoms with Gasteiger partial charge in [-0.25, -0.2) is 0 Å². The molecule has 0 radical (unpaired) electrons. The maximum atomic E-state index is 12.1. The summed E-state index contributed by atoms with van der Waals surface area (Å²) in [5.41, 5.74) is 0.638. The smallest absolute Gasteiger partial charge is 0.255 e. The molecule has 0 spiro atoms. The zero-order valence-corrected chi connectivity index (χ0v) is 11.4. The molecule has 0 aliphatic rings. The summed E-state index contributed by atoms with van der Waals surface area (Å²) < 4.78 is 0. The molecule has 4 nitrogen and oxygen atoms in total. The molecule has 20 heavy (non-hydrogen) atoms. The predicted octanol–water partition coefficient (Wildman–Crippen LogP) is 2.87. The first-order valence-electron chi connectivity index (χ1n) is 6.29. The molecule has 2 aromatic carbocycles. The Morgan fingerprint density at radius 3 is 2.45 bits per heavy atom. The Morgan fingerprint density at radius 1 is 1.10 bits per heavy atom. The lowest BCUT2D eigenvalue weighted by atomic mass is 9.96. The summed E-state index contributed by atoms with van der Waals surface area (Å²) in [6.07, 6.45) is 0. The molecule has 3 N–H and O–H groups in total. The van der Waals surface area contributed by atoms with Gasteiger partial charge in [-0.05, 0) is 43.7 Å². The Balaban J connectivity index is 2.22. The minimum Gasteiger partial charge on any atom is -0.508 e. The third-order valence-electron chi connectivity index (χ3n) is 2.94. The molecule has 0 aliphatic heterocycles. The first-order valence-corrected chi connectivity index (χ1v) is 6.29. The minimum atomic E-state index is -0.999. The fourth-order valence-electron chi connectivity index (χ4n) is 1.83. The topological polar surface area (TPSA) is 69.6 Å². The maximum Gasteiger partial charge on any atom is 0.255 e. The zero-order chi connectivity index (χ0) is 14.8. The van der Waals surface area contributed by atoms with Crippen molar-refractivity contribution >= 4 is 11.6 Å². The van der Waals surface area contributed by atoms with Crippen molar-refractivity contribution in [3.63, 3.8) is 0 Å². The number of carbonyl (C=O) groups excluding carboxylic acids is 1. The molecular formula is C16H17NO3. The molecule has 0 fully saturated rings. The van der Waals surface area contributed by atoms with Gasteiger partial charge in [0.2, 0.25) is 0 Å². The van der Waals surface area contributed by atoms with Crippen LogP contribution in [0.4, 0.5) is 5.69 Å². The standard InChI is InChI=1S/C16H17NO3/c1-16(2,20)12-6-3-5-11(9-12)15(19)17-13-7-4-8-14(18)10-13/h3-10,18,20H,1-2H3,(H,17,19). The highest BCUT2D eigenvalue weighted by atomic mass is 16.3. The number of carbonyl (C=O) groups is 1. The van der Waals surface area contributed by atoms with Crippen LogP contribution in [0.5, 0.6) is 5.75 Å². The number of nitrogens with one attached hydrogen (secondary N) is 1. The van der Waals surface area contributed by atoms with Gasteiger partial charge in [0.05, 0.1) is 5.60 Å². The number of aliphatic hydroxyl groups is 1. The van der Waals surface area contributed by atoms with Gasteiger partial charge in [-0.15, -0.1) is 0 Å². The SMILES string of the molecule is CC(C)(O)c1cccc(C(=O)Nc2cccc(O)c2)c1. The van der Waals surface area contributed by atoms with Gasteiger partial charge >= 0.3 is 0 Å². The van der Waals surface area contributed by atoms with Gasteiger partial charge in [0.25, 0.3) is 5.91 Å². The number of amides is 1. The van der Waals surface area contributed by atoms with Crippen molar-refractivity contribution < 1.29 is 15.0 Å². The number of rotatable bonds is 3. The van der Waals surface area contributed by atoms with Crippen LogP contribution in [0, 0.1) is 0 Å². The predicted molar refractivity (Wildman–Crippen MR) is 77.7 cm³/mol. The van der Waals surface area contributed by atoms with E-state index in [1.54, 1.807) is 50.2 Å². The highest BCUT2D eigenvalue weighted by molar-refractivity contribution is 6.04. The monoisotopic (exact) mass is 271 g/mol. The average Bonchev–Trinajstić information content (AvgIpc) is 2.38. The Hall–Kier alpha value is -2.33. The summed E-state index contributed by atoms with van der Waals surface area (Å²) in [7, 11) is 0. The number of benzene rings is 2. The molecule has 104 valence electrons. The van der Waals surface area contributed by atoms with E-state index in [-0.39, 0.29) is 11.7 Å². The molecule has 2 rings (SSSR count). The van der Waals surface area contributed by atoms with Gasteiger partial charge < -0.3 is 15.5 Å². The summed E-state index contributed by atoms with van der Waals surface area (Å²) in [6, 6.07) is 13.2. The molecule has 2 aromatic rings. The molecule has 0 heterocycles. The number of phenols is 1. The van der Waals surface area contributed by atoms with E-state index in [2.05, 4.69) is 5.32 Å².